The Kier molecular flexibility index (Phi) is 4.75. The molecule has 118 valence electrons. The first-order valence-electron chi connectivity index (χ1n) is 5.55. The molecule has 0 aromatic heterocycles. The summed E-state index contributed by atoms with van der Waals surface area (Å²) in [6.45, 7) is 1.07. The molecule has 9 heteroatoms. The quantitative estimate of drug-likeness (QED) is 0.626. The van der Waals surface area contributed by atoms with Crippen LogP contribution in [0.15, 0.2) is 12.1 Å². The Bertz CT molecular complexity index is 533. The van der Waals surface area contributed by atoms with E-state index >= 15 is 0 Å². The summed E-state index contributed by atoms with van der Waals surface area (Å²) in [5, 5.41) is 0. The van der Waals surface area contributed by atoms with E-state index in [1.165, 1.54) is 6.92 Å². The van der Waals surface area contributed by atoms with Gasteiger partial charge < -0.3 is 9.47 Å². The second-order valence-corrected chi connectivity index (χ2v) is 3.82. The molecule has 1 rings (SSSR count). The molecule has 21 heavy (non-hydrogen) atoms. The number of carbonyl (C=O) groups excluding carboxylic acids is 1. The van der Waals surface area contributed by atoms with Crippen LogP contribution in [0.1, 0.15) is 28.4 Å². The lowest BCUT2D eigenvalue weighted by atomic mass is 10.0. The number of alkyl halides is 6. The molecule has 0 aliphatic rings. The topological polar surface area (TPSA) is 35.5 Å². The third kappa shape index (κ3) is 3.79. The summed E-state index contributed by atoms with van der Waals surface area (Å²) in [7, 11) is 0.839. The van der Waals surface area contributed by atoms with Gasteiger partial charge in [-0.1, -0.05) is 0 Å². The van der Waals surface area contributed by atoms with Gasteiger partial charge in [-0.15, -0.1) is 0 Å². The first kappa shape index (κ1) is 17.1. The maximum absolute atomic E-state index is 12.9. The van der Waals surface area contributed by atoms with E-state index in [-0.39, 0.29) is 18.7 Å². The van der Waals surface area contributed by atoms with Gasteiger partial charge in [-0.25, -0.2) is 4.79 Å². The number of methoxy groups -OCH3 is 1. The summed E-state index contributed by atoms with van der Waals surface area (Å²) in [6, 6.07) is 0.170. The Morgan fingerprint density at radius 1 is 1.10 bits per heavy atom. The van der Waals surface area contributed by atoms with Crippen LogP contribution in [0.5, 0.6) is 5.75 Å². The van der Waals surface area contributed by atoms with Gasteiger partial charge in [0.05, 0.1) is 24.8 Å². The molecule has 0 fully saturated rings. The predicted octanol–water partition coefficient (Wildman–Crippen LogP) is 3.91. The molecule has 0 radical (unpaired) electrons. The lowest BCUT2D eigenvalue weighted by molar-refractivity contribution is -0.143. The van der Waals surface area contributed by atoms with Gasteiger partial charge in [0.25, 0.3) is 0 Å². The average Bonchev–Trinajstić information content (AvgIpc) is 2.35. The lowest BCUT2D eigenvalue weighted by Gasteiger charge is -2.18. The van der Waals surface area contributed by atoms with E-state index in [4.69, 9.17) is 4.74 Å². The zero-order valence-electron chi connectivity index (χ0n) is 10.9. The first-order chi connectivity index (χ1) is 9.52. The van der Waals surface area contributed by atoms with Crippen molar-refractivity contribution in [1.29, 1.82) is 0 Å². The number of ether oxygens (including phenoxy) is 2. The fourth-order valence-corrected chi connectivity index (χ4v) is 1.56. The third-order valence-electron chi connectivity index (χ3n) is 2.42. The summed E-state index contributed by atoms with van der Waals surface area (Å²) in [5.74, 6) is -2.33. The molecule has 1 aromatic carbocycles. The summed E-state index contributed by atoms with van der Waals surface area (Å²) in [4.78, 5) is 11.4. The van der Waals surface area contributed by atoms with Crippen molar-refractivity contribution in [2.24, 2.45) is 0 Å². The van der Waals surface area contributed by atoms with Gasteiger partial charge in [0.1, 0.15) is 11.3 Å². The van der Waals surface area contributed by atoms with E-state index in [9.17, 15) is 31.1 Å². The maximum Gasteiger partial charge on any atom is 0.420 e. The monoisotopic (exact) mass is 316 g/mol. The zero-order chi connectivity index (χ0) is 16.4. The van der Waals surface area contributed by atoms with Crippen LogP contribution < -0.4 is 4.74 Å². The fourth-order valence-electron chi connectivity index (χ4n) is 1.56. The minimum absolute atomic E-state index is 0.0998. The van der Waals surface area contributed by atoms with Crippen molar-refractivity contribution < 1.29 is 40.6 Å². The Morgan fingerprint density at radius 2 is 1.67 bits per heavy atom. The molecule has 0 bridgehead atoms. The molecule has 1 aromatic rings. The highest BCUT2D eigenvalue weighted by molar-refractivity contribution is 5.93. The van der Waals surface area contributed by atoms with Gasteiger partial charge in [-0.3, -0.25) is 0 Å². The van der Waals surface area contributed by atoms with Crippen molar-refractivity contribution >= 4 is 5.97 Å². The van der Waals surface area contributed by atoms with Gasteiger partial charge in [-0.05, 0) is 19.1 Å². The Labute approximate surface area is 115 Å². The van der Waals surface area contributed by atoms with Crippen LogP contribution in [-0.2, 0) is 17.1 Å². The standard InChI is InChI=1S/C12H10F6O3/c1-3-21-9-7(10(19)20-2)4-6(11(13,14)15)5-8(9)12(16,17)18/h4-5H,3H2,1-2H3. The van der Waals surface area contributed by atoms with Crippen LogP contribution in [0, 0.1) is 0 Å². The first-order valence-corrected chi connectivity index (χ1v) is 5.55. The van der Waals surface area contributed by atoms with Gasteiger partial charge in [-0.2, -0.15) is 26.3 Å². The maximum atomic E-state index is 12.9. The van der Waals surface area contributed by atoms with Crippen molar-refractivity contribution in [3.63, 3.8) is 0 Å². The van der Waals surface area contributed by atoms with Gasteiger partial charge in [0, 0.05) is 0 Å². The summed E-state index contributed by atoms with van der Waals surface area (Å²) < 4.78 is 85.5. The number of benzene rings is 1. The predicted molar refractivity (Wildman–Crippen MR) is 59.0 cm³/mol. The van der Waals surface area contributed by atoms with Crippen molar-refractivity contribution in [3.8, 4) is 5.75 Å². The molecular weight excluding hydrogens is 306 g/mol. The van der Waals surface area contributed by atoms with E-state index in [1.807, 2.05) is 0 Å². The summed E-state index contributed by atoms with van der Waals surface area (Å²) >= 11 is 0. The Balaban J connectivity index is 3.70. The molecular formula is C12H10F6O3. The van der Waals surface area contributed by atoms with Crippen LogP contribution >= 0.6 is 0 Å². The highest BCUT2D eigenvalue weighted by Crippen LogP contribution is 2.42. The third-order valence-corrected chi connectivity index (χ3v) is 2.42. The second kappa shape index (κ2) is 5.82. The van der Waals surface area contributed by atoms with Crippen LogP contribution in [0.2, 0.25) is 0 Å². The molecule has 3 nitrogen and oxygen atoms in total. The number of hydrogen-bond donors (Lipinski definition) is 0. The second-order valence-electron chi connectivity index (χ2n) is 3.82. The average molecular weight is 316 g/mol. The van der Waals surface area contributed by atoms with E-state index in [0.717, 1.165) is 7.11 Å². The smallest absolute Gasteiger partial charge is 0.420 e. The SMILES string of the molecule is CCOc1c(C(=O)OC)cc(C(F)(F)F)cc1C(F)(F)F. The molecule has 0 N–H and O–H groups in total. The largest absolute Gasteiger partial charge is 0.492 e. The van der Waals surface area contributed by atoms with Gasteiger partial charge in [0.15, 0.2) is 0 Å². The van der Waals surface area contributed by atoms with Crippen LogP contribution in [0.3, 0.4) is 0 Å². The molecule has 0 aliphatic carbocycles. The number of rotatable bonds is 3. The highest BCUT2D eigenvalue weighted by Gasteiger charge is 2.41. The summed E-state index contributed by atoms with van der Waals surface area (Å²) in [6.07, 6.45) is -10.2. The molecule has 0 saturated heterocycles. The van der Waals surface area contributed by atoms with E-state index in [1.54, 1.807) is 0 Å². The van der Waals surface area contributed by atoms with Crippen LogP contribution in [0.25, 0.3) is 0 Å². The number of esters is 1. The Hall–Kier alpha value is -1.93. The van der Waals surface area contributed by atoms with Gasteiger partial charge >= 0.3 is 18.3 Å². The number of carbonyl (C=O) groups is 1. The Morgan fingerprint density at radius 3 is 2.05 bits per heavy atom. The van der Waals surface area contributed by atoms with Crippen molar-refractivity contribution in [3.05, 3.63) is 28.8 Å². The van der Waals surface area contributed by atoms with E-state index in [0.29, 0.717) is 0 Å². The van der Waals surface area contributed by atoms with Crippen LogP contribution in [-0.4, -0.2) is 19.7 Å². The van der Waals surface area contributed by atoms with E-state index in [2.05, 4.69) is 4.74 Å². The normalized spacial score (nSPS) is 12.2. The summed E-state index contributed by atoms with van der Waals surface area (Å²) in [5.41, 5.74) is -4.22. The van der Waals surface area contributed by atoms with Crippen molar-refractivity contribution in [2.75, 3.05) is 13.7 Å². The molecule has 0 unspecified atom stereocenters. The number of hydrogen-bond acceptors (Lipinski definition) is 3. The lowest BCUT2D eigenvalue weighted by Crippen LogP contribution is -2.17. The zero-order valence-corrected chi connectivity index (χ0v) is 10.9. The minimum Gasteiger partial charge on any atom is -0.492 e. The van der Waals surface area contributed by atoms with Crippen molar-refractivity contribution in [2.45, 2.75) is 19.3 Å². The van der Waals surface area contributed by atoms with Gasteiger partial charge in [0.2, 0.25) is 0 Å². The molecule has 0 atom stereocenters. The molecule has 0 aliphatic heterocycles. The van der Waals surface area contributed by atoms with Crippen LogP contribution in [0.4, 0.5) is 26.3 Å². The van der Waals surface area contributed by atoms with Crippen molar-refractivity contribution in [1.82, 2.24) is 0 Å². The molecule has 0 heterocycles. The molecule has 0 saturated carbocycles. The molecule has 0 spiro atoms. The molecule has 0 amide bonds. The number of halogens is 6. The van der Waals surface area contributed by atoms with E-state index < -0.39 is 40.8 Å². The fraction of sp³-hybridized carbons (Fsp3) is 0.417. The minimum atomic E-state index is -5.12. The highest BCUT2D eigenvalue weighted by atomic mass is 19.4.